The van der Waals surface area contributed by atoms with E-state index < -0.39 is 0 Å². The lowest BCUT2D eigenvalue weighted by atomic mass is 10.0. The van der Waals surface area contributed by atoms with E-state index in [1.54, 1.807) is 12.1 Å². The van der Waals surface area contributed by atoms with Crippen LogP contribution in [0, 0.1) is 20.8 Å². The number of methoxy groups -OCH3 is 1. The summed E-state index contributed by atoms with van der Waals surface area (Å²) in [4.78, 5) is 12.7. The van der Waals surface area contributed by atoms with Gasteiger partial charge in [-0.15, -0.1) is 0 Å². The molecule has 1 aromatic carbocycles. The number of hydrogen-bond donors (Lipinski definition) is 2. The van der Waals surface area contributed by atoms with Crippen LogP contribution in [0.25, 0.3) is 33.1 Å². The fourth-order valence-corrected chi connectivity index (χ4v) is 3.87. The van der Waals surface area contributed by atoms with Gasteiger partial charge in [0.2, 0.25) is 0 Å². The summed E-state index contributed by atoms with van der Waals surface area (Å²) >= 11 is 0. The molecule has 0 aliphatic heterocycles. The van der Waals surface area contributed by atoms with E-state index >= 15 is 0 Å². The van der Waals surface area contributed by atoms with E-state index in [-0.39, 0.29) is 0 Å². The van der Waals surface area contributed by atoms with Crippen LogP contribution in [0.4, 0.5) is 5.82 Å². The minimum Gasteiger partial charge on any atom is -0.496 e. The molecule has 4 rings (SSSR count). The molecule has 4 aromatic rings. The number of aryl methyl sites for hydroxylation is 3. The lowest BCUT2D eigenvalue weighted by Crippen LogP contribution is -2.13. The third kappa shape index (κ3) is 3.45. The lowest BCUT2D eigenvalue weighted by Gasteiger charge is -2.17. The van der Waals surface area contributed by atoms with Crippen molar-refractivity contribution in [3.05, 3.63) is 40.8 Å². The van der Waals surface area contributed by atoms with Gasteiger partial charge in [-0.25, -0.2) is 9.97 Å². The Hall–Kier alpha value is -3.88. The van der Waals surface area contributed by atoms with E-state index in [9.17, 15) is 0 Å². The molecule has 0 aliphatic rings. The number of aromatic amines is 1. The van der Waals surface area contributed by atoms with Crippen molar-refractivity contribution >= 4 is 34.5 Å². The number of anilines is 1. The molecule has 32 heavy (non-hydrogen) atoms. The van der Waals surface area contributed by atoms with E-state index in [2.05, 4.69) is 37.2 Å². The zero-order chi connectivity index (χ0) is 23.2. The molecule has 0 atom stereocenters. The smallest absolute Gasteiger partial charge is 0.144 e. The Labute approximate surface area is 186 Å². The Morgan fingerprint density at radius 3 is 2.59 bits per heavy atom. The highest BCUT2D eigenvalue weighted by atomic mass is 16.5. The third-order valence-corrected chi connectivity index (χ3v) is 5.73. The van der Waals surface area contributed by atoms with Crippen molar-refractivity contribution in [1.82, 2.24) is 25.1 Å². The molecule has 0 saturated carbocycles. The highest BCUT2D eigenvalue weighted by Crippen LogP contribution is 2.40. The van der Waals surface area contributed by atoms with Gasteiger partial charge >= 0.3 is 0 Å². The summed E-state index contributed by atoms with van der Waals surface area (Å²) < 4.78 is 11.1. The van der Waals surface area contributed by atoms with Gasteiger partial charge in [0.15, 0.2) is 0 Å². The van der Waals surface area contributed by atoms with Crippen LogP contribution in [0.1, 0.15) is 31.1 Å². The van der Waals surface area contributed by atoms with Gasteiger partial charge in [0.05, 0.1) is 29.5 Å². The SMILES string of the molecule is C=NN(C)/C(C)=C(\C)Nc1nc(C)nc2[nH]c3cc(-c4c(C)noc4C)c(OC)cc3c12. The number of benzene rings is 1. The van der Waals surface area contributed by atoms with E-state index in [4.69, 9.17) is 9.26 Å². The minimum absolute atomic E-state index is 0.658. The Morgan fingerprint density at radius 2 is 1.97 bits per heavy atom. The summed E-state index contributed by atoms with van der Waals surface area (Å²) in [6, 6.07) is 4.05. The van der Waals surface area contributed by atoms with E-state index in [1.807, 2.05) is 53.8 Å². The van der Waals surface area contributed by atoms with Gasteiger partial charge in [-0.05, 0) is 46.8 Å². The molecule has 0 saturated heterocycles. The quantitative estimate of drug-likeness (QED) is 0.329. The van der Waals surface area contributed by atoms with E-state index in [1.165, 1.54) is 0 Å². The van der Waals surface area contributed by atoms with Crippen molar-refractivity contribution in [3.8, 4) is 16.9 Å². The summed E-state index contributed by atoms with van der Waals surface area (Å²) in [5, 5.41) is 15.0. The first-order valence-corrected chi connectivity index (χ1v) is 10.2. The molecule has 0 aliphatic carbocycles. The molecule has 0 spiro atoms. The zero-order valence-corrected chi connectivity index (χ0v) is 19.4. The molecule has 9 heteroatoms. The maximum Gasteiger partial charge on any atom is 0.144 e. The molecule has 0 bridgehead atoms. The Kier molecular flexibility index (Phi) is 5.33. The third-order valence-electron chi connectivity index (χ3n) is 5.73. The Morgan fingerprint density at radius 1 is 1.22 bits per heavy atom. The molecule has 0 radical (unpaired) electrons. The number of fused-ring (bicyclic) bond motifs is 3. The first-order valence-electron chi connectivity index (χ1n) is 10.2. The summed E-state index contributed by atoms with van der Waals surface area (Å²) in [6.07, 6.45) is 0. The van der Waals surface area contributed by atoms with Crippen molar-refractivity contribution in [3.63, 3.8) is 0 Å². The second kappa shape index (κ2) is 7.99. The Bertz CT molecular complexity index is 1360. The molecule has 2 N–H and O–H groups in total. The number of rotatable bonds is 6. The first kappa shape index (κ1) is 21.4. The number of hydrogen-bond acceptors (Lipinski definition) is 8. The molecule has 0 unspecified atom stereocenters. The van der Waals surface area contributed by atoms with Crippen molar-refractivity contribution < 1.29 is 9.26 Å². The van der Waals surface area contributed by atoms with Crippen molar-refractivity contribution in [2.24, 2.45) is 5.10 Å². The van der Waals surface area contributed by atoms with Gasteiger partial charge in [-0.1, -0.05) is 5.16 Å². The second-order valence-electron chi connectivity index (χ2n) is 7.77. The van der Waals surface area contributed by atoms with E-state index in [0.29, 0.717) is 11.6 Å². The summed E-state index contributed by atoms with van der Waals surface area (Å²) in [7, 11) is 3.51. The molecule has 3 aromatic heterocycles. The topological polar surface area (TPSA) is 104 Å². The average Bonchev–Trinajstić information content (AvgIpc) is 3.29. The van der Waals surface area contributed by atoms with Gasteiger partial charge < -0.3 is 19.6 Å². The van der Waals surface area contributed by atoms with Crippen LogP contribution in [0.2, 0.25) is 0 Å². The van der Waals surface area contributed by atoms with Gasteiger partial charge in [0.25, 0.3) is 0 Å². The minimum atomic E-state index is 0.658. The molecule has 0 fully saturated rings. The highest BCUT2D eigenvalue weighted by Gasteiger charge is 2.20. The average molecular weight is 434 g/mol. The monoisotopic (exact) mass is 433 g/mol. The number of aromatic nitrogens is 4. The fraction of sp³-hybridized carbons (Fsp3) is 0.304. The zero-order valence-electron chi connectivity index (χ0n) is 19.4. The normalized spacial score (nSPS) is 12.2. The first-order chi connectivity index (χ1) is 15.2. The predicted octanol–water partition coefficient (Wildman–Crippen LogP) is 4.91. The number of hydrazone groups is 1. The van der Waals surface area contributed by atoms with Crippen molar-refractivity contribution in [1.29, 1.82) is 0 Å². The van der Waals surface area contributed by atoms with Crippen LogP contribution >= 0.6 is 0 Å². The highest BCUT2D eigenvalue weighted by molar-refractivity contribution is 6.13. The van der Waals surface area contributed by atoms with Gasteiger partial charge in [-0.2, -0.15) is 5.10 Å². The van der Waals surface area contributed by atoms with Gasteiger partial charge in [0.1, 0.15) is 28.8 Å². The van der Waals surface area contributed by atoms with Crippen molar-refractivity contribution in [2.45, 2.75) is 34.6 Å². The van der Waals surface area contributed by atoms with Crippen LogP contribution in [-0.2, 0) is 0 Å². The number of ether oxygens (including phenoxy) is 1. The molecule has 0 amide bonds. The number of nitrogens with one attached hydrogen (secondary N) is 2. The fourth-order valence-electron chi connectivity index (χ4n) is 3.87. The standard InChI is InChI=1S/C23H27N7O2/c1-11(13(3)30(7)24-6)25-22-21-16-10-19(31-8)17(20-12(2)29-32-14(20)4)9-18(16)28-23(21)27-15(5)26-22/h9-10H,6H2,1-5,7-8H3,(H2,25,26,27,28)/b13-11+. The van der Waals surface area contributed by atoms with Crippen LogP contribution in [0.3, 0.4) is 0 Å². The van der Waals surface area contributed by atoms with E-state index in [0.717, 1.165) is 61.7 Å². The van der Waals surface area contributed by atoms with Gasteiger partial charge in [0, 0.05) is 35.9 Å². The van der Waals surface area contributed by atoms with Crippen LogP contribution in [0.5, 0.6) is 5.75 Å². The molecule has 166 valence electrons. The Balaban J connectivity index is 1.96. The maximum absolute atomic E-state index is 5.75. The van der Waals surface area contributed by atoms with Crippen molar-refractivity contribution in [2.75, 3.05) is 19.5 Å². The van der Waals surface area contributed by atoms with Gasteiger partial charge in [-0.3, -0.25) is 5.01 Å². The molecular weight excluding hydrogens is 406 g/mol. The summed E-state index contributed by atoms with van der Waals surface area (Å²) in [6.45, 7) is 13.2. The number of allylic oxidation sites excluding steroid dienone is 2. The molecule has 9 nitrogen and oxygen atoms in total. The number of H-pyrrole nitrogens is 1. The number of nitrogens with zero attached hydrogens (tertiary/aromatic N) is 5. The molecular formula is C23H27N7O2. The summed E-state index contributed by atoms with van der Waals surface area (Å²) in [5.41, 5.74) is 6.15. The van der Waals surface area contributed by atoms with Crippen LogP contribution < -0.4 is 10.1 Å². The largest absolute Gasteiger partial charge is 0.496 e. The van der Waals surface area contributed by atoms with Crippen LogP contribution in [-0.4, -0.2) is 46.0 Å². The van der Waals surface area contributed by atoms with Crippen LogP contribution in [0.15, 0.2) is 33.2 Å². The maximum atomic E-state index is 5.75. The summed E-state index contributed by atoms with van der Waals surface area (Å²) in [5.74, 6) is 2.83. The lowest BCUT2D eigenvalue weighted by molar-refractivity contribution is 0.393. The second-order valence-corrected chi connectivity index (χ2v) is 7.77. The molecule has 3 heterocycles. The predicted molar refractivity (Wildman–Crippen MR) is 127 cm³/mol.